The van der Waals surface area contributed by atoms with Crippen LogP contribution < -0.4 is 19.7 Å². The number of nitrogens with one attached hydrogen (secondary N) is 2. The normalized spacial score (nSPS) is 16.8. The highest BCUT2D eigenvalue weighted by Gasteiger charge is 2.44. The lowest BCUT2D eigenvalue weighted by Crippen LogP contribution is -2.35. The van der Waals surface area contributed by atoms with E-state index in [4.69, 9.17) is 14.3 Å². The van der Waals surface area contributed by atoms with Crippen molar-refractivity contribution in [2.75, 3.05) is 47.0 Å². The summed E-state index contributed by atoms with van der Waals surface area (Å²) in [4.78, 5) is 15.6. The van der Waals surface area contributed by atoms with Crippen molar-refractivity contribution in [2.45, 2.75) is 38.3 Å². The summed E-state index contributed by atoms with van der Waals surface area (Å²) < 4.78 is 75.5. The van der Waals surface area contributed by atoms with Crippen LogP contribution in [-0.4, -0.2) is 57.7 Å². The van der Waals surface area contributed by atoms with Gasteiger partial charge in [0.15, 0.2) is 11.3 Å². The van der Waals surface area contributed by atoms with E-state index >= 15 is 0 Å². The Bertz CT molecular complexity index is 1490. The number of sulfonamides is 1. The van der Waals surface area contributed by atoms with Gasteiger partial charge in [-0.15, -0.1) is 0 Å². The minimum absolute atomic E-state index is 0.0710. The van der Waals surface area contributed by atoms with Crippen molar-refractivity contribution in [2.24, 2.45) is 5.41 Å². The molecule has 5 rings (SSSR count). The van der Waals surface area contributed by atoms with E-state index in [9.17, 15) is 26.4 Å². The molecule has 1 spiro atoms. The van der Waals surface area contributed by atoms with Crippen molar-refractivity contribution in [3.05, 3.63) is 48.2 Å². The summed E-state index contributed by atoms with van der Waals surface area (Å²) >= 11 is 0. The van der Waals surface area contributed by atoms with Gasteiger partial charge in [0.2, 0.25) is 10.0 Å². The van der Waals surface area contributed by atoms with Crippen LogP contribution in [0.15, 0.2) is 47.1 Å². The standard InChI is InChI=1S/C27H30F3N3O6S/c28-27(29,30)8-13-38-23-17-20(15-18-3-12-39-24(18)23)31-25(35)21-2-1-19(32-40(36,37)14-11-34)16-22(21)33-9-6-26(4-5-26)7-10-33/h1-3,12,15-17,32,34H,4-11,13-14H2,(H,31,35). The number of carbonyl (C=O) groups is 1. The molecule has 3 aromatic rings. The predicted octanol–water partition coefficient (Wildman–Crippen LogP) is 5.13. The van der Waals surface area contributed by atoms with Crippen LogP contribution in [0.5, 0.6) is 5.75 Å². The van der Waals surface area contributed by atoms with Gasteiger partial charge in [-0.3, -0.25) is 9.52 Å². The zero-order valence-electron chi connectivity index (χ0n) is 21.6. The maximum absolute atomic E-state index is 13.5. The first-order valence-electron chi connectivity index (χ1n) is 13.0. The van der Waals surface area contributed by atoms with Crippen molar-refractivity contribution < 1.29 is 40.6 Å². The number of hydrogen-bond acceptors (Lipinski definition) is 7. The molecule has 1 saturated carbocycles. The van der Waals surface area contributed by atoms with Gasteiger partial charge >= 0.3 is 6.18 Å². The molecule has 1 aliphatic carbocycles. The number of piperidine rings is 1. The number of aliphatic hydroxyl groups is 1. The first-order chi connectivity index (χ1) is 19.0. The number of alkyl halides is 3. The third kappa shape index (κ3) is 6.64. The molecule has 216 valence electrons. The fraction of sp³-hybridized carbons (Fsp3) is 0.444. The highest BCUT2D eigenvalue weighted by atomic mass is 32.2. The highest BCUT2D eigenvalue weighted by molar-refractivity contribution is 7.92. The largest absolute Gasteiger partial charge is 0.489 e. The van der Waals surface area contributed by atoms with Crippen LogP contribution >= 0.6 is 0 Å². The van der Waals surface area contributed by atoms with Crippen LogP contribution in [0.2, 0.25) is 0 Å². The Hall–Kier alpha value is -3.45. The highest BCUT2D eigenvalue weighted by Crippen LogP contribution is 2.54. The molecule has 40 heavy (non-hydrogen) atoms. The maximum atomic E-state index is 13.5. The number of benzene rings is 2. The molecular formula is C27H30F3N3O6S. The van der Waals surface area contributed by atoms with Crippen LogP contribution in [0, 0.1) is 5.41 Å². The number of ether oxygens (including phenoxy) is 1. The second kappa shape index (κ2) is 10.8. The lowest BCUT2D eigenvalue weighted by molar-refractivity contribution is -0.139. The van der Waals surface area contributed by atoms with Crippen molar-refractivity contribution in [1.29, 1.82) is 0 Å². The number of fused-ring (bicyclic) bond motifs is 1. The summed E-state index contributed by atoms with van der Waals surface area (Å²) in [6.45, 7) is 0.293. The summed E-state index contributed by atoms with van der Waals surface area (Å²) in [5.74, 6) is -0.863. The lowest BCUT2D eigenvalue weighted by atomic mass is 9.93. The molecule has 1 aliphatic heterocycles. The number of rotatable bonds is 10. The maximum Gasteiger partial charge on any atom is 0.392 e. The van der Waals surface area contributed by atoms with Crippen LogP contribution in [0.25, 0.3) is 11.0 Å². The number of nitrogens with zero attached hydrogens (tertiary/aromatic N) is 1. The molecule has 0 atom stereocenters. The first kappa shape index (κ1) is 28.1. The van der Waals surface area contributed by atoms with Crippen LogP contribution in [0.4, 0.5) is 30.2 Å². The Morgan fingerprint density at radius 1 is 1.07 bits per heavy atom. The molecule has 2 aliphatic rings. The second-order valence-electron chi connectivity index (χ2n) is 10.3. The summed E-state index contributed by atoms with van der Waals surface area (Å²) in [7, 11) is -3.77. The molecule has 2 fully saturated rings. The number of hydrogen-bond donors (Lipinski definition) is 3. The van der Waals surface area contributed by atoms with E-state index in [-0.39, 0.29) is 17.0 Å². The van der Waals surface area contributed by atoms with E-state index in [2.05, 4.69) is 14.9 Å². The molecule has 2 aromatic carbocycles. The quantitative estimate of drug-likeness (QED) is 0.304. The van der Waals surface area contributed by atoms with Crippen molar-refractivity contribution in [3.8, 4) is 5.75 Å². The van der Waals surface area contributed by atoms with Gasteiger partial charge in [-0.05, 0) is 61.4 Å². The average molecular weight is 582 g/mol. The minimum Gasteiger partial charge on any atom is -0.489 e. The molecule has 2 heterocycles. The summed E-state index contributed by atoms with van der Waals surface area (Å²) in [6, 6.07) is 9.27. The summed E-state index contributed by atoms with van der Waals surface area (Å²) in [6.07, 6.45) is 0.203. The molecule has 0 unspecified atom stereocenters. The third-order valence-corrected chi connectivity index (χ3v) is 8.68. The average Bonchev–Trinajstić information content (AvgIpc) is 3.45. The minimum atomic E-state index is -4.38. The number of furan rings is 1. The monoisotopic (exact) mass is 581 g/mol. The summed E-state index contributed by atoms with van der Waals surface area (Å²) in [5, 5.41) is 12.4. The predicted molar refractivity (Wildman–Crippen MR) is 144 cm³/mol. The van der Waals surface area contributed by atoms with Gasteiger partial charge in [0, 0.05) is 30.2 Å². The van der Waals surface area contributed by atoms with Gasteiger partial charge in [-0.25, -0.2) is 8.42 Å². The van der Waals surface area contributed by atoms with Crippen LogP contribution in [-0.2, 0) is 10.0 Å². The van der Waals surface area contributed by atoms with E-state index in [1.54, 1.807) is 18.2 Å². The number of amides is 1. The Morgan fingerprint density at radius 2 is 1.82 bits per heavy atom. The van der Waals surface area contributed by atoms with E-state index in [1.807, 2.05) is 0 Å². The fourth-order valence-electron chi connectivity index (χ4n) is 5.00. The van der Waals surface area contributed by atoms with Gasteiger partial charge in [-0.2, -0.15) is 13.2 Å². The van der Waals surface area contributed by atoms with Crippen LogP contribution in [0.3, 0.4) is 0 Å². The third-order valence-electron chi connectivity index (χ3n) is 7.42. The van der Waals surface area contributed by atoms with Gasteiger partial charge in [-0.1, -0.05) is 0 Å². The van der Waals surface area contributed by atoms with Gasteiger partial charge in [0.05, 0.1) is 48.6 Å². The fourth-order valence-corrected chi connectivity index (χ4v) is 5.83. The van der Waals surface area contributed by atoms with Gasteiger partial charge < -0.3 is 24.5 Å². The molecular weight excluding hydrogens is 551 g/mol. The number of aliphatic hydroxyl groups excluding tert-OH is 1. The Balaban J connectivity index is 1.41. The number of halogens is 3. The second-order valence-corrected chi connectivity index (χ2v) is 12.2. The Kier molecular flexibility index (Phi) is 7.62. The zero-order valence-corrected chi connectivity index (χ0v) is 22.4. The zero-order chi connectivity index (χ0) is 28.5. The molecule has 1 amide bonds. The first-order valence-corrected chi connectivity index (χ1v) is 14.6. The van der Waals surface area contributed by atoms with E-state index in [0.717, 1.165) is 12.8 Å². The van der Waals surface area contributed by atoms with Crippen LogP contribution in [0.1, 0.15) is 42.5 Å². The Morgan fingerprint density at radius 3 is 2.50 bits per heavy atom. The molecule has 0 bridgehead atoms. The molecule has 3 N–H and O–H groups in total. The molecule has 9 nitrogen and oxygen atoms in total. The number of anilines is 3. The SMILES string of the molecule is O=C(Nc1cc(OCCC(F)(F)F)c2occc2c1)c1ccc(NS(=O)(=O)CCO)cc1N1CCC2(CC1)CC2. The van der Waals surface area contributed by atoms with E-state index in [0.29, 0.717) is 40.8 Å². The topological polar surface area (TPSA) is 121 Å². The molecule has 1 aromatic heterocycles. The van der Waals surface area contributed by atoms with Crippen molar-refractivity contribution >= 4 is 44.0 Å². The lowest BCUT2D eigenvalue weighted by Gasteiger charge is -2.35. The van der Waals surface area contributed by atoms with E-state index < -0.39 is 47.5 Å². The van der Waals surface area contributed by atoms with Crippen molar-refractivity contribution in [3.63, 3.8) is 0 Å². The van der Waals surface area contributed by atoms with Gasteiger partial charge in [0.25, 0.3) is 5.91 Å². The van der Waals surface area contributed by atoms with E-state index in [1.165, 1.54) is 37.3 Å². The Labute approximate surface area is 229 Å². The molecule has 0 radical (unpaired) electrons. The molecule has 1 saturated heterocycles. The smallest absolute Gasteiger partial charge is 0.392 e. The number of carbonyl (C=O) groups excluding carboxylic acids is 1. The summed E-state index contributed by atoms with van der Waals surface area (Å²) in [5.41, 5.74) is 2.08. The molecule has 13 heteroatoms. The van der Waals surface area contributed by atoms with Gasteiger partial charge in [0.1, 0.15) is 0 Å². The van der Waals surface area contributed by atoms with Crippen molar-refractivity contribution in [1.82, 2.24) is 0 Å².